The molecule has 8 heteroatoms. The Kier molecular flexibility index (Phi) is 7.57. The van der Waals surface area contributed by atoms with Crippen LogP contribution in [-0.4, -0.2) is 36.8 Å². The number of hydrazone groups is 1. The Bertz CT molecular complexity index is 864. The molecular formula is C19H18BrN3O4. The number of phenolic OH excluding ortho intramolecular Hbond substituents is 1. The van der Waals surface area contributed by atoms with Crippen LogP contribution in [0.4, 0.5) is 0 Å². The molecule has 0 heterocycles. The lowest BCUT2D eigenvalue weighted by atomic mass is 10.2. The number of halogens is 1. The van der Waals surface area contributed by atoms with Crippen LogP contribution in [0.1, 0.15) is 11.1 Å². The van der Waals surface area contributed by atoms with Gasteiger partial charge in [0.15, 0.2) is 0 Å². The molecule has 7 nitrogen and oxygen atoms in total. The van der Waals surface area contributed by atoms with Gasteiger partial charge in [0.05, 0.1) is 19.9 Å². The van der Waals surface area contributed by atoms with Crippen LogP contribution >= 0.6 is 15.9 Å². The molecule has 0 aliphatic rings. The fourth-order valence-electron chi connectivity index (χ4n) is 1.96. The summed E-state index contributed by atoms with van der Waals surface area (Å²) < 4.78 is 5.82. The number of amides is 2. The van der Waals surface area contributed by atoms with Crippen molar-refractivity contribution in [2.24, 2.45) is 5.10 Å². The molecule has 2 rings (SSSR count). The maximum Gasteiger partial charge on any atom is 0.259 e. The summed E-state index contributed by atoms with van der Waals surface area (Å²) in [7, 11) is 1.58. The smallest absolute Gasteiger partial charge is 0.259 e. The van der Waals surface area contributed by atoms with E-state index in [0.717, 1.165) is 15.8 Å². The Morgan fingerprint density at radius 1 is 1.22 bits per heavy atom. The van der Waals surface area contributed by atoms with Crippen LogP contribution in [0, 0.1) is 0 Å². The van der Waals surface area contributed by atoms with Gasteiger partial charge in [-0.1, -0.05) is 28.1 Å². The Hall–Kier alpha value is -3.13. The second-order valence-electron chi connectivity index (χ2n) is 5.32. The molecule has 0 saturated heterocycles. The Balaban J connectivity index is 1.77. The van der Waals surface area contributed by atoms with Crippen LogP contribution in [-0.2, 0) is 9.59 Å². The lowest BCUT2D eigenvalue weighted by molar-refractivity contribution is -0.123. The molecule has 0 atom stereocenters. The molecule has 0 saturated carbocycles. The molecule has 0 spiro atoms. The lowest BCUT2D eigenvalue weighted by Gasteiger charge is -2.02. The van der Waals surface area contributed by atoms with Gasteiger partial charge in [-0.25, -0.2) is 5.43 Å². The largest absolute Gasteiger partial charge is 0.507 e. The Morgan fingerprint density at radius 2 is 1.96 bits per heavy atom. The summed E-state index contributed by atoms with van der Waals surface area (Å²) in [5.41, 5.74) is 3.54. The first-order valence-corrected chi connectivity index (χ1v) is 8.67. The topological polar surface area (TPSA) is 100 Å². The molecule has 0 bridgehead atoms. The molecular weight excluding hydrogens is 414 g/mol. The number of nitrogens with zero attached hydrogens (tertiary/aromatic N) is 1. The van der Waals surface area contributed by atoms with E-state index in [9.17, 15) is 14.7 Å². The van der Waals surface area contributed by atoms with E-state index in [2.05, 4.69) is 31.8 Å². The van der Waals surface area contributed by atoms with Crippen LogP contribution in [0.5, 0.6) is 11.5 Å². The van der Waals surface area contributed by atoms with Crippen molar-refractivity contribution in [2.45, 2.75) is 0 Å². The summed E-state index contributed by atoms with van der Waals surface area (Å²) >= 11 is 3.28. The maximum atomic E-state index is 11.7. The third-order valence-corrected chi connectivity index (χ3v) is 3.84. The van der Waals surface area contributed by atoms with Crippen molar-refractivity contribution < 1.29 is 19.4 Å². The van der Waals surface area contributed by atoms with Gasteiger partial charge in [0.1, 0.15) is 11.5 Å². The van der Waals surface area contributed by atoms with E-state index in [-0.39, 0.29) is 12.3 Å². The molecule has 0 aliphatic heterocycles. The monoisotopic (exact) mass is 431 g/mol. The lowest BCUT2D eigenvalue weighted by Crippen LogP contribution is -2.34. The molecule has 0 aliphatic carbocycles. The SMILES string of the molecule is COc1ccc(C=CC(=O)NCC(=O)NN=Cc2cc(Br)ccc2O)cc1. The third-order valence-electron chi connectivity index (χ3n) is 3.35. The number of nitrogens with one attached hydrogen (secondary N) is 2. The minimum absolute atomic E-state index is 0.0353. The first-order valence-electron chi connectivity index (χ1n) is 7.88. The molecule has 3 N–H and O–H groups in total. The van der Waals surface area contributed by atoms with E-state index in [0.29, 0.717) is 5.56 Å². The number of carbonyl (C=O) groups excluding carboxylic acids is 2. The van der Waals surface area contributed by atoms with Gasteiger partial charge in [-0.2, -0.15) is 5.10 Å². The van der Waals surface area contributed by atoms with Gasteiger partial charge in [-0.3, -0.25) is 9.59 Å². The van der Waals surface area contributed by atoms with Gasteiger partial charge in [-0.05, 0) is 42.0 Å². The minimum atomic E-state index is -0.494. The Labute approximate surface area is 164 Å². The molecule has 140 valence electrons. The fraction of sp³-hybridized carbons (Fsp3) is 0.105. The first kappa shape index (κ1) is 20.2. The van der Waals surface area contributed by atoms with E-state index in [1.165, 1.54) is 18.4 Å². The van der Waals surface area contributed by atoms with Gasteiger partial charge < -0.3 is 15.2 Å². The van der Waals surface area contributed by atoms with Crippen LogP contribution in [0.2, 0.25) is 0 Å². The zero-order valence-electron chi connectivity index (χ0n) is 14.5. The summed E-state index contributed by atoms with van der Waals surface area (Å²) in [6, 6.07) is 12.0. The van der Waals surface area contributed by atoms with Crippen LogP contribution in [0.3, 0.4) is 0 Å². The molecule has 2 amide bonds. The van der Waals surface area contributed by atoms with E-state index < -0.39 is 11.8 Å². The third kappa shape index (κ3) is 6.95. The molecule has 0 aromatic heterocycles. The number of hydrogen-bond donors (Lipinski definition) is 3. The van der Waals surface area contributed by atoms with E-state index in [1.807, 2.05) is 0 Å². The molecule has 0 unspecified atom stereocenters. The number of hydrogen-bond acceptors (Lipinski definition) is 5. The minimum Gasteiger partial charge on any atom is -0.507 e. The van der Waals surface area contributed by atoms with Crippen LogP contribution in [0.15, 0.2) is 58.1 Å². The van der Waals surface area contributed by atoms with Crippen molar-refractivity contribution in [2.75, 3.05) is 13.7 Å². The number of ether oxygens (including phenoxy) is 1. The predicted octanol–water partition coefficient (Wildman–Crippen LogP) is 2.44. The van der Waals surface area contributed by atoms with E-state index >= 15 is 0 Å². The molecule has 27 heavy (non-hydrogen) atoms. The second kappa shape index (κ2) is 10.1. The second-order valence-corrected chi connectivity index (χ2v) is 6.24. The van der Waals surface area contributed by atoms with E-state index in [1.54, 1.807) is 49.6 Å². The highest BCUT2D eigenvalue weighted by Crippen LogP contribution is 2.19. The van der Waals surface area contributed by atoms with Gasteiger partial charge in [0, 0.05) is 16.1 Å². The quantitative estimate of drug-likeness (QED) is 0.356. The van der Waals surface area contributed by atoms with E-state index in [4.69, 9.17) is 4.74 Å². The van der Waals surface area contributed by atoms with Crippen LogP contribution in [0.25, 0.3) is 6.08 Å². The highest BCUT2D eigenvalue weighted by molar-refractivity contribution is 9.10. The average Bonchev–Trinajstić information content (AvgIpc) is 2.67. The van der Waals surface area contributed by atoms with Crippen molar-refractivity contribution in [1.29, 1.82) is 0 Å². The Morgan fingerprint density at radius 3 is 2.67 bits per heavy atom. The van der Waals surface area contributed by atoms with Gasteiger partial charge in [0.2, 0.25) is 5.91 Å². The number of benzene rings is 2. The summed E-state index contributed by atoms with van der Waals surface area (Å²) in [4.78, 5) is 23.4. The standard InChI is InChI=1S/C19H18BrN3O4/c1-27-16-6-2-13(3-7-16)4-9-18(25)21-12-19(26)23-22-11-14-10-15(20)5-8-17(14)24/h2-11,24H,12H2,1H3,(H,21,25)(H,23,26). The molecule has 2 aromatic rings. The first-order chi connectivity index (χ1) is 13.0. The summed E-state index contributed by atoms with van der Waals surface area (Å²) in [6.07, 6.45) is 4.27. The van der Waals surface area contributed by atoms with Crippen LogP contribution < -0.4 is 15.5 Å². The highest BCUT2D eigenvalue weighted by atomic mass is 79.9. The zero-order chi connectivity index (χ0) is 19.6. The fourth-order valence-corrected chi connectivity index (χ4v) is 2.33. The number of phenols is 1. The van der Waals surface area contributed by atoms with Gasteiger partial charge >= 0.3 is 0 Å². The predicted molar refractivity (Wildman–Crippen MR) is 107 cm³/mol. The zero-order valence-corrected chi connectivity index (χ0v) is 16.1. The van der Waals surface area contributed by atoms with Crippen molar-refractivity contribution >= 4 is 40.0 Å². The highest BCUT2D eigenvalue weighted by Gasteiger charge is 2.03. The van der Waals surface area contributed by atoms with Crippen molar-refractivity contribution in [1.82, 2.24) is 10.7 Å². The molecule has 2 aromatic carbocycles. The summed E-state index contributed by atoms with van der Waals surface area (Å²) in [5.74, 6) is -0.139. The summed E-state index contributed by atoms with van der Waals surface area (Å²) in [6.45, 7) is -0.229. The molecule has 0 fully saturated rings. The van der Waals surface area contributed by atoms with Crippen molar-refractivity contribution in [3.63, 3.8) is 0 Å². The number of methoxy groups -OCH3 is 1. The molecule has 0 radical (unpaired) electrons. The average molecular weight is 432 g/mol. The number of rotatable bonds is 7. The number of carbonyl (C=O) groups is 2. The van der Waals surface area contributed by atoms with Crippen molar-refractivity contribution in [3.8, 4) is 11.5 Å². The maximum absolute atomic E-state index is 11.7. The summed E-state index contributed by atoms with van der Waals surface area (Å²) in [5, 5.41) is 15.9. The van der Waals surface area contributed by atoms with Gasteiger partial charge in [-0.15, -0.1) is 0 Å². The number of aromatic hydroxyl groups is 1. The van der Waals surface area contributed by atoms with Crippen molar-refractivity contribution in [3.05, 3.63) is 64.1 Å². The van der Waals surface area contributed by atoms with Gasteiger partial charge in [0.25, 0.3) is 5.91 Å². The normalized spacial score (nSPS) is 10.9.